The molecule has 1 rings (SSSR count). The van der Waals surface area contributed by atoms with E-state index in [1.165, 1.54) is 11.3 Å². The van der Waals surface area contributed by atoms with Crippen LogP contribution >= 0.6 is 23.7 Å². The highest BCUT2D eigenvalue weighted by Gasteiger charge is 2.27. The molecule has 0 fully saturated rings. The number of aromatic nitrogens is 1. The minimum Gasteiger partial charge on any atom is -0.378 e. The summed E-state index contributed by atoms with van der Waals surface area (Å²) in [5.41, 5.74) is 5.89. The van der Waals surface area contributed by atoms with Crippen LogP contribution in [0.4, 0.5) is 5.13 Å². The van der Waals surface area contributed by atoms with Crippen molar-refractivity contribution in [2.24, 2.45) is 5.73 Å². The molecule has 1 amide bonds. The first-order valence-electron chi connectivity index (χ1n) is 5.53. The molecule has 1 aromatic heterocycles. The molecule has 0 radical (unpaired) electrons. The van der Waals surface area contributed by atoms with Crippen LogP contribution in [0.5, 0.6) is 0 Å². The first-order valence-corrected chi connectivity index (χ1v) is 6.41. The maximum absolute atomic E-state index is 11.9. The normalized spacial score (nSPS) is 13.6. The van der Waals surface area contributed by atoms with Gasteiger partial charge in [0.05, 0.1) is 17.8 Å². The highest BCUT2D eigenvalue weighted by molar-refractivity contribution is 7.13. The van der Waals surface area contributed by atoms with Crippen molar-refractivity contribution in [2.45, 2.75) is 38.8 Å². The molecule has 18 heavy (non-hydrogen) atoms. The monoisotopic (exact) mass is 293 g/mol. The summed E-state index contributed by atoms with van der Waals surface area (Å²) >= 11 is 1.37. The van der Waals surface area contributed by atoms with Crippen LogP contribution in [0.3, 0.4) is 0 Å². The molecule has 0 aliphatic carbocycles. The van der Waals surface area contributed by atoms with Gasteiger partial charge in [0.2, 0.25) is 5.91 Å². The molecular formula is C11H20ClN3O2S. The average Bonchev–Trinajstić information content (AvgIpc) is 2.66. The van der Waals surface area contributed by atoms with E-state index in [0.29, 0.717) is 18.2 Å². The Bertz CT molecular complexity index is 382. The highest BCUT2D eigenvalue weighted by Crippen LogP contribution is 2.18. The molecule has 7 heteroatoms. The van der Waals surface area contributed by atoms with Gasteiger partial charge < -0.3 is 15.8 Å². The molecule has 0 aromatic carbocycles. The Labute approximate surface area is 118 Å². The Morgan fingerprint density at radius 2 is 2.33 bits per heavy atom. The Balaban J connectivity index is 0.00000289. The van der Waals surface area contributed by atoms with Gasteiger partial charge in [-0.15, -0.1) is 23.7 Å². The summed E-state index contributed by atoms with van der Waals surface area (Å²) in [6.45, 7) is 4.18. The number of halogens is 1. The fraction of sp³-hybridized carbons (Fsp3) is 0.636. The van der Waals surface area contributed by atoms with Crippen molar-refractivity contribution in [3.63, 3.8) is 0 Å². The Morgan fingerprint density at radius 3 is 2.89 bits per heavy atom. The van der Waals surface area contributed by atoms with Crippen LogP contribution in [0, 0.1) is 0 Å². The SMILES string of the molecule is CCCC(C)(N)C(=O)Nc1nc(COC)cs1.Cl. The lowest BCUT2D eigenvalue weighted by atomic mass is 9.97. The van der Waals surface area contributed by atoms with Crippen molar-refractivity contribution in [1.29, 1.82) is 0 Å². The van der Waals surface area contributed by atoms with E-state index < -0.39 is 5.54 Å². The number of amides is 1. The Morgan fingerprint density at radius 1 is 1.67 bits per heavy atom. The molecule has 5 nitrogen and oxygen atoms in total. The van der Waals surface area contributed by atoms with Gasteiger partial charge in [-0.2, -0.15) is 0 Å². The topological polar surface area (TPSA) is 77.2 Å². The largest absolute Gasteiger partial charge is 0.378 e. The first-order chi connectivity index (χ1) is 7.99. The van der Waals surface area contributed by atoms with E-state index in [-0.39, 0.29) is 18.3 Å². The molecule has 104 valence electrons. The summed E-state index contributed by atoms with van der Waals surface area (Å²) in [6, 6.07) is 0. The number of methoxy groups -OCH3 is 1. The van der Waals surface area contributed by atoms with E-state index in [0.717, 1.165) is 12.1 Å². The summed E-state index contributed by atoms with van der Waals surface area (Å²) in [5, 5.41) is 5.15. The molecule has 1 heterocycles. The quantitative estimate of drug-likeness (QED) is 0.842. The number of nitrogens with one attached hydrogen (secondary N) is 1. The van der Waals surface area contributed by atoms with Crippen LogP contribution in [-0.2, 0) is 16.1 Å². The van der Waals surface area contributed by atoms with E-state index in [4.69, 9.17) is 10.5 Å². The second kappa shape index (κ2) is 7.68. The number of ether oxygens (including phenoxy) is 1. The second-order valence-corrected chi connectivity index (χ2v) is 5.06. The number of carbonyl (C=O) groups is 1. The zero-order valence-corrected chi connectivity index (χ0v) is 12.5. The van der Waals surface area contributed by atoms with Gasteiger partial charge in [-0.3, -0.25) is 4.79 Å². The van der Waals surface area contributed by atoms with Gasteiger partial charge in [0.1, 0.15) is 0 Å². The van der Waals surface area contributed by atoms with Gasteiger partial charge in [-0.25, -0.2) is 4.98 Å². The van der Waals surface area contributed by atoms with E-state index in [1.807, 2.05) is 12.3 Å². The van der Waals surface area contributed by atoms with Crippen LogP contribution in [0.15, 0.2) is 5.38 Å². The average molecular weight is 294 g/mol. The van der Waals surface area contributed by atoms with Crippen molar-refractivity contribution in [1.82, 2.24) is 4.98 Å². The number of thiazole rings is 1. The molecule has 0 saturated carbocycles. The zero-order chi connectivity index (χ0) is 12.9. The summed E-state index contributed by atoms with van der Waals surface area (Å²) in [7, 11) is 1.61. The van der Waals surface area contributed by atoms with Crippen LogP contribution < -0.4 is 11.1 Å². The van der Waals surface area contributed by atoms with Crippen molar-refractivity contribution in [3.05, 3.63) is 11.1 Å². The van der Waals surface area contributed by atoms with Gasteiger partial charge in [0.25, 0.3) is 0 Å². The van der Waals surface area contributed by atoms with E-state index >= 15 is 0 Å². The Hall–Kier alpha value is -0.690. The van der Waals surface area contributed by atoms with Crippen LogP contribution in [0.2, 0.25) is 0 Å². The molecule has 0 bridgehead atoms. The summed E-state index contributed by atoms with van der Waals surface area (Å²) < 4.78 is 4.96. The lowest BCUT2D eigenvalue weighted by molar-refractivity contribution is -0.120. The van der Waals surface area contributed by atoms with Gasteiger partial charge in [0, 0.05) is 12.5 Å². The zero-order valence-electron chi connectivity index (χ0n) is 10.9. The van der Waals surface area contributed by atoms with E-state index in [2.05, 4.69) is 10.3 Å². The maximum Gasteiger partial charge on any atom is 0.245 e. The molecule has 1 atom stereocenters. The van der Waals surface area contributed by atoms with Crippen LogP contribution in [0.1, 0.15) is 32.4 Å². The lowest BCUT2D eigenvalue weighted by Crippen LogP contribution is -2.48. The third-order valence-corrected chi connectivity index (χ3v) is 3.16. The van der Waals surface area contributed by atoms with Crippen molar-refractivity contribution in [3.8, 4) is 0 Å². The predicted molar refractivity (Wildman–Crippen MR) is 76.2 cm³/mol. The van der Waals surface area contributed by atoms with Crippen molar-refractivity contribution >= 4 is 34.8 Å². The molecule has 1 unspecified atom stereocenters. The summed E-state index contributed by atoms with van der Waals surface area (Å²) in [4.78, 5) is 16.1. The van der Waals surface area contributed by atoms with Gasteiger partial charge in [-0.05, 0) is 13.3 Å². The van der Waals surface area contributed by atoms with Gasteiger partial charge >= 0.3 is 0 Å². The summed E-state index contributed by atoms with van der Waals surface area (Å²) in [6.07, 6.45) is 1.52. The standard InChI is InChI=1S/C11H19N3O2S.ClH/c1-4-5-11(2,12)9(15)14-10-13-8(6-16-3)7-17-10;/h7H,4-6,12H2,1-3H3,(H,13,14,15);1H. The van der Waals surface area contributed by atoms with E-state index in [9.17, 15) is 4.79 Å². The third-order valence-electron chi connectivity index (χ3n) is 2.35. The second-order valence-electron chi connectivity index (χ2n) is 4.20. The lowest BCUT2D eigenvalue weighted by Gasteiger charge is -2.21. The number of rotatable bonds is 6. The highest BCUT2D eigenvalue weighted by atomic mass is 35.5. The smallest absolute Gasteiger partial charge is 0.245 e. The number of carbonyl (C=O) groups excluding carboxylic acids is 1. The molecule has 3 N–H and O–H groups in total. The molecule has 0 aliphatic heterocycles. The van der Waals surface area contributed by atoms with Crippen LogP contribution in [-0.4, -0.2) is 23.5 Å². The van der Waals surface area contributed by atoms with E-state index in [1.54, 1.807) is 14.0 Å². The minimum absolute atomic E-state index is 0. The fourth-order valence-electron chi connectivity index (χ4n) is 1.45. The fourth-order valence-corrected chi connectivity index (χ4v) is 2.14. The molecular weight excluding hydrogens is 274 g/mol. The number of nitrogens with zero attached hydrogens (tertiary/aromatic N) is 1. The van der Waals surface area contributed by atoms with Crippen molar-refractivity contribution in [2.75, 3.05) is 12.4 Å². The molecule has 0 saturated heterocycles. The number of anilines is 1. The number of hydrogen-bond acceptors (Lipinski definition) is 5. The Kier molecular flexibility index (Phi) is 7.39. The minimum atomic E-state index is -0.845. The summed E-state index contributed by atoms with van der Waals surface area (Å²) in [5.74, 6) is -0.197. The molecule has 0 aliphatic rings. The molecule has 0 spiro atoms. The van der Waals surface area contributed by atoms with Crippen LogP contribution in [0.25, 0.3) is 0 Å². The van der Waals surface area contributed by atoms with Gasteiger partial charge in [0.15, 0.2) is 5.13 Å². The predicted octanol–water partition coefficient (Wildman–Crippen LogP) is 2.17. The van der Waals surface area contributed by atoms with Gasteiger partial charge in [-0.1, -0.05) is 13.3 Å². The third kappa shape index (κ3) is 4.89. The first kappa shape index (κ1) is 17.3. The maximum atomic E-state index is 11.9. The molecule has 1 aromatic rings. The number of nitrogens with two attached hydrogens (primary N) is 1. The number of hydrogen-bond donors (Lipinski definition) is 2. The van der Waals surface area contributed by atoms with Crippen molar-refractivity contribution < 1.29 is 9.53 Å².